The van der Waals surface area contributed by atoms with Crippen molar-refractivity contribution in [2.75, 3.05) is 12.4 Å². The van der Waals surface area contributed by atoms with Crippen molar-refractivity contribution in [2.24, 2.45) is 0 Å². The number of pyridine rings is 1. The number of nitrogens with zero attached hydrogens (tertiary/aromatic N) is 3. The molecule has 0 unspecified atom stereocenters. The van der Waals surface area contributed by atoms with Crippen molar-refractivity contribution >= 4 is 22.5 Å². The van der Waals surface area contributed by atoms with Crippen LogP contribution in [0.4, 0.5) is 5.69 Å². The Morgan fingerprint density at radius 1 is 0.944 bits per heavy atom. The van der Waals surface area contributed by atoms with Gasteiger partial charge < -0.3 is 14.8 Å². The number of nitrogens with one attached hydrogen (secondary N) is 1. The van der Waals surface area contributed by atoms with Crippen LogP contribution in [0.3, 0.4) is 0 Å². The van der Waals surface area contributed by atoms with Crippen molar-refractivity contribution in [2.45, 2.75) is 0 Å². The summed E-state index contributed by atoms with van der Waals surface area (Å²) in [6.07, 6.45) is 6.23. The van der Waals surface area contributed by atoms with E-state index >= 15 is 0 Å². The topological polar surface area (TPSA) is 86.2 Å². The van der Waals surface area contributed by atoms with Gasteiger partial charge in [-0.3, -0.25) is 4.79 Å². The van der Waals surface area contributed by atoms with E-state index in [1.54, 1.807) is 25.6 Å². The first-order chi connectivity index (χ1) is 17.6. The normalized spacial score (nSPS) is 10.6. The molecule has 0 saturated heterocycles. The molecule has 0 spiro atoms. The minimum atomic E-state index is -0.272. The van der Waals surface area contributed by atoms with Crippen LogP contribution < -0.4 is 14.8 Å². The fourth-order valence-corrected chi connectivity index (χ4v) is 3.94. The smallest absolute Gasteiger partial charge is 0.247 e. The van der Waals surface area contributed by atoms with Gasteiger partial charge in [-0.25, -0.2) is 15.0 Å². The van der Waals surface area contributed by atoms with Crippen molar-refractivity contribution in [1.29, 1.82) is 0 Å². The summed E-state index contributed by atoms with van der Waals surface area (Å²) >= 11 is 0. The second-order valence-corrected chi connectivity index (χ2v) is 7.89. The van der Waals surface area contributed by atoms with Gasteiger partial charge in [0.15, 0.2) is 0 Å². The van der Waals surface area contributed by atoms with Crippen LogP contribution in [-0.2, 0) is 4.79 Å². The van der Waals surface area contributed by atoms with Gasteiger partial charge in [-0.1, -0.05) is 24.8 Å². The second-order valence-electron chi connectivity index (χ2n) is 7.89. The van der Waals surface area contributed by atoms with E-state index in [9.17, 15) is 4.79 Å². The first kappa shape index (κ1) is 22.7. The first-order valence-electron chi connectivity index (χ1n) is 11.2. The zero-order chi connectivity index (χ0) is 24.9. The zero-order valence-electron chi connectivity index (χ0n) is 19.5. The summed E-state index contributed by atoms with van der Waals surface area (Å²) in [7, 11) is 1.63. The molecule has 1 N–H and O–H groups in total. The van der Waals surface area contributed by atoms with Crippen molar-refractivity contribution in [3.8, 4) is 39.6 Å². The average Bonchev–Trinajstić information content (AvgIpc) is 2.93. The fraction of sp³-hybridized carbons (Fsp3) is 0.0345. The summed E-state index contributed by atoms with van der Waals surface area (Å²) in [5.41, 5.74) is 5.07. The van der Waals surface area contributed by atoms with Gasteiger partial charge in [0.25, 0.3) is 0 Å². The van der Waals surface area contributed by atoms with Crippen LogP contribution >= 0.6 is 0 Å². The number of carbonyl (C=O) groups is 1. The van der Waals surface area contributed by atoms with Gasteiger partial charge in [0, 0.05) is 46.7 Å². The van der Waals surface area contributed by atoms with E-state index < -0.39 is 0 Å². The van der Waals surface area contributed by atoms with Crippen LogP contribution in [0.15, 0.2) is 104 Å². The first-order valence-corrected chi connectivity index (χ1v) is 11.2. The van der Waals surface area contributed by atoms with Crippen LogP contribution in [0.2, 0.25) is 0 Å². The van der Waals surface area contributed by atoms with Crippen LogP contribution in [0.25, 0.3) is 33.2 Å². The molecule has 176 valence electrons. The highest BCUT2D eigenvalue weighted by molar-refractivity contribution is 6.01. The molecule has 36 heavy (non-hydrogen) atoms. The van der Waals surface area contributed by atoms with Gasteiger partial charge in [0.2, 0.25) is 11.8 Å². The lowest BCUT2D eigenvalue weighted by molar-refractivity contribution is -0.111. The summed E-state index contributed by atoms with van der Waals surface area (Å²) < 4.78 is 11.6. The number of aromatic nitrogens is 3. The quantitative estimate of drug-likeness (QED) is 0.279. The molecule has 5 rings (SSSR count). The number of carbonyl (C=O) groups excluding carboxylic acids is 1. The lowest BCUT2D eigenvalue weighted by atomic mass is 9.95. The number of fused-ring (bicyclic) bond motifs is 1. The van der Waals surface area contributed by atoms with Crippen molar-refractivity contribution < 1.29 is 14.3 Å². The number of hydrogen-bond acceptors (Lipinski definition) is 6. The third-order valence-corrected chi connectivity index (χ3v) is 5.58. The number of rotatable bonds is 7. The standard InChI is InChI=1S/C29H22N4O3/c1-3-27(34)33-22-8-6-7-19(14-22)25-15-20(13-21-17-30-18-32-29(21)25)24-11-10-23(16-26(24)35-2)36-28-9-4-5-12-31-28/h3-18H,1H2,2H3,(H,33,34). The second kappa shape index (κ2) is 10.1. The number of benzene rings is 3. The zero-order valence-corrected chi connectivity index (χ0v) is 19.5. The van der Waals surface area contributed by atoms with E-state index in [1.807, 2.05) is 60.7 Å². The average molecular weight is 475 g/mol. The summed E-state index contributed by atoms with van der Waals surface area (Å²) in [6.45, 7) is 3.52. The number of methoxy groups -OCH3 is 1. The summed E-state index contributed by atoms with van der Waals surface area (Å²) in [5, 5.41) is 3.69. The van der Waals surface area contributed by atoms with Gasteiger partial charge in [-0.15, -0.1) is 0 Å². The number of ether oxygens (including phenoxy) is 2. The van der Waals surface area contributed by atoms with Crippen LogP contribution in [0, 0.1) is 0 Å². The predicted octanol–water partition coefficient (Wildman–Crippen LogP) is 6.28. The molecule has 7 heteroatoms. The summed E-state index contributed by atoms with van der Waals surface area (Å²) in [6, 6.07) is 22.8. The molecule has 0 aliphatic heterocycles. The number of hydrogen-bond donors (Lipinski definition) is 1. The third-order valence-electron chi connectivity index (χ3n) is 5.58. The monoisotopic (exact) mass is 474 g/mol. The Labute approximate surface area is 208 Å². The lowest BCUT2D eigenvalue weighted by Crippen LogP contribution is -2.07. The molecule has 2 heterocycles. The Morgan fingerprint density at radius 2 is 1.86 bits per heavy atom. The van der Waals surface area contributed by atoms with Crippen LogP contribution in [0.5, 0.6) is 17.4 Å². The Morgan fingerprint density at radius 3 is 2.67 bits per heavy atom. The lowest BCUT2D eigenvalue weighted by Gasteiger charge is -2.14. The molecule has 7 nitrogen and oxygen atoms in total. The van der Waals surface area contributed by atoms with E-state index in [-0.39, 0.29) is 5.91 Å². The number of amides is 1. The van der Waals surface area contributed by atoms with Crippen molar-refractivity contribution in [3.05, 3.63) is 104 Å². The van der Waals surface area contributed by atoms with Crippen LogP contribution in [-0.4, -0.2) is 28.0 Å². The molecule has 0 bridgehead atoms. The van der Waals surface area contributed by atoms with Gasteiger partial charge >= 0.3 is 0 Å². The minimum Gasteiger partial charge on any atom is -0.496 e. The van der Waals surface area contributed by atoms with E-state index in [2.05, 4.69) is 32.9 Å². The van der Waals surface area contributed by atoms with Gasteiger partial charge in [0.1, 0.15) is 17.8 Å². The van der Waals surface area contributed by atoms with Crippen LogP contribution in [0.1, 0.15) is 0 Å². The molecule has 3 aromatic carbocycles. The Bertz CT molecular complexity index is 1570. The van der Waals surface area contributed by atoms with E-state index in [1.165, 1.54) is 12.4 Å². The summed E-state index contributed by atoms with van der Waals surface area (Å²) in [4.78, 5) is 24.8. The van der Waals surface area contributed by atoms with Crippen molar-refractivity contribution in [3.63, 3.8) is 0 Å². The number of anilines is 1. The van der Waals surface area contributed by atoms with E-state index in [4.69, 9.17) is 9.47 Å². The summed E-state index contributed by atoms with van der Waals surface area (Å²) in [5.74, 6) is 1.49. The molecule has 0 fully saturated rings. The molecule has 5 aromatic rings. The molecule has 0 atom stereocenters. The van der Waals surface area contributed by atoms with E-state index in [0.29, 0.717) is 23.1 Å². The maximum atomic E-state index is 11.8. The largest absolute Gasteiger partial charge is 0.496 e. The molecular formula is C29H22N4O3. The maximum Gasteiger partial charge on any atom is 0.247 e. The van der Waals surface area contributed by atoms with Gasteiger partial charge in [0.05, 0.1) is 12.6 Å². The van der Waals surface area contributed by atoms with Gasteiger partial charge in [-0.05, 0) is 59.7 Å². The Kier molecular flexibility index (Phi) is 6.36. The molecular weight excluding hydrogens is 452 g/mol. The van der Waals surface area contributed by atoms with E-state index in [0.717, 1.165) is 33.2 Å². The third kappa shape index (κ3) is 4.76. The highest BCUT2D eigenvalue weighted by Crippen LogP contribution is 2.39. The molecule has 1 amide bonds. The Balaban J connectivity index is 1.60. The molecule has 0 aliphatic carbocycles. The molecule has 2 aromatic heterocycles. The van der Waals surface area contributed by atoms with Gasteiger partial charge in [-0.2, -0.15) is 0 Å². The fourth-order valence-electron chi connectivity index (χ4n) is 3.94. The highest BCUT2D eigenvalue weighted by atomic mass is 16.5. The SMILES string of the molecule is C=CC(=O)Nc1cccc(-c2cc(-c3ccc(Oc4ccccn4)cc3OC)cc3cncnc23)c1. The maximum absolute atomic E-state index is 11.8. The Hall–Kier alpha value is -5.04. The highest BCUT2D eigenvalue weighted by Gasteiger charge is 2.14. The minimum absolute atomic E-state index is 0.272. The molecule has 0 aliphatic rings. The molecule has 0 radical (unpaired) electrons. The predicted molar refractivity (Wildman–Crippen MR) is 140 cm³/mol. The van der Waals surface area contributed by atoms with Crippen molar-refractivity contribution in [1.82, 2.24) is 15.0 Å². The molecule has 0 saturated carbocycles.